The van der Waals surface area contributed by atoms with Crippen molar-refractivity contribution >= 4 is 39.5 Å². The highest BCUT2D eigenvalue weighted by atomic mass is 79.9. The predicted octanol–water partition coefficient (Wildman–Crippen LogP) is 2.93. The number of carbonyl (C=O) groups is 1. The predicted molar refractivity (Wildman–Crippen MR) is 73.8 cm³/mol. The van der Waals surface area contributed by atoms with Gasteiger partial charge in [0, 0.05) is 10.5 Å². The lowest BCUT2D eigenvalue weighted by atomic mass is 10.2. The Kier molecular flexibility index (Phi) is 5.32. The number of pyridine rings is 1. The number of amides is 1. The number of nitrogens with one attached hydrogen (secondary N) is 1. The normalized spacial score (nSPS) is 11.2. The zero-order valence-corrected chi connectivity index (χ0v) is 12.2. The number of nitrogens with zero attached hydrogens (tertiary/aromatic N) is 2. The smallest absolute Gasteiger partial charge is 0.262 e. The lowest BCUT2D eigenvalue weighted by molar-refractivity contribution is -0.117. The van der Waals surface area contributed by atoms with Crippen molar-refractivity contribution in [2.24, 2.45) is 0 Å². The van der Waals surface area contributed by atoms with Gasteiger partial charge >= 0.3 is 0 Å². The van der Waals surface area contributed by atoms with Crippen LogP contribution in [0.5, 0.6) is 0 Å². The van der Waals surface area contributed by atoms with Crippen LogP contribution in [0.15, 0.2) is 22.2 Å². The second-order valence-electron chi connectivity index (χ2n) is 3.80. The summed E-state index contributed by atoms with van der Waals surface area (Å²) in [5.74, 6) is -0.429. The lowest BCUT2D eigenvalue weighted by Crippen LogP contribution is -2.30. The average Bonchev–Trinajstić information content (AvgIpc) is 2.29. The van der Waals surface area contributed by atoms with Crippen molar-refractivity contribution in [3.63, 3.8) is 0 Å². The maximum atomic E-state index is 11.7. The summed E-state index contributed by atoms with van der Waals surface area (Å²) in [6.45, 7) is 3.64. The Morgan fingerprint density at radius 1 is 1.61 bits per heavy atom. The monoisotopic (exact) mass is 327 g/mol. The first-order chi connectivity index (χ1) is 8.43. The van der Waals surface area contributed by atoms with Gasteiger partial charge in [-0.3, -0.25) is 4.79 Å². The largest absolute Gasteiger partial charge is 0.349 e. The van der Waals surface area contributed by atoms with Crippen molar-refractivity contribution in [2.45, 2.75) is 19.9 Å². The third-order valence-corrected chi connectivity index (χ3v) is 2.79. The fourth-order valence-electron chi connectivity index (χ4n) is 1.16. The molecule has 6 heteroatoms. The number of carbonyl (C=O) groups excluding carboxylic acids is 1. The molecule has 1 aromatic rings. The van der Waals surface area contributed by atoms with Gasteiger partial charge in [0.2, 0.25) is 0 Å². The van der Waals surface area contributed by atoms with E-state index >= 15 is 0 Å². The molecule has 0 saturated carbocycles. The Hall–Kier alpha value is -1.38. The molecule has 1 aromatic heterocycles. The van der Waals surface area contributed by atoms with Crippen molar-refractivity contribution in [1.29, 1.82) is 5.26 Å². The van der Waals surface area contributed by atoms with E-state index in [0.717, 1.165) is 0 Å². The summed E-state index contributed by atoms with van der Waals surface area (Å²) >= 11 is 9.04. The van der Waals surface area contributed by atoms with Crippen LogP contribution in [0.25, 0.3) is 6.08 Å². The van der Waals surface area contributed by atoms with Gasteiger partial charge in [0.15, 0.2) is 0 Å². The van der Waals surface area contributed by atoms with E-state index in [1.54, 1.807) is 12.1 Å². The van der Waals surface area contributed by atoms with E-state index in [1.807, 2.05) is 19.9 Å². The topological polar surface area (TPSA) is 65.8 Å². The van der Waals surface area contributed by atoms with Gasteiger partial charge in [-0.15, -0.1) is 0 Å². The molecular weight excluding hydrogens is 318 g/mol. The van der Waals surface area contributed by atoms with E-state index in [1.165, 1.54) is 6.08 Å². The van der Waals surface area contributed by atoms with E-state index in [0.29, 0.717) is 15.3 Å². The number of hydrogen-bond donors (Lipinski definition) is 1. The summed E-state index contributed by atoms with van der Waals surface area (Å²) in [6.07, 6.45) is 1.40. The van der Waals surface area contributed by atoms with Crippen molar-refractivity contribution in [3.05, 3.63) is 33.0 Å². The summed E-state index contributed by atoms with van der Waals surface area (Å²) in [5.41, 5.74) is 0.428. The van der Waals surface area contributed by atoms with Crippen LogP contribution in [-0.2, 0) is 4.79 Å². The van der Waals surface area contributed by atoms with Crippen LogP contribution in [-0.4, -0.2) is 16.9 Å². The molecule has 1 rings (SSSR count). The molecule has 0 aliphatic carbocycles. The molecule has 1 N–H and O–H groups in total. The SMILES string of the molecule is CC(C)NC(=O)C(C#N)=Cc1nc(Cl)ccc1Br. The first-order valence-electron chi connectivity index (χ1n) is 5.18. The van der Waals surface area contributed by atoms with E-state index < -0.39 is 5.91 Å². The average molecular weight is 329 g/mol. The van der Waals surface area contributed by atoms with Gasteiger partial charge in [-0.1, -0.05) is 11.6 Å². The molecule has 0 aliphatic rings. The highest BCUT2D eigenvalue weighted by Crippen LogP contribution is 2.20. The maximum Gasteiger partial charge on any atom is 0.262 e. The van der Waals surface area contributed by atoms with Crippen LogP contribution in [0, 0.1) is 11.3 Å². The molecular formula is C12H11BrClN3O. The van der Waals surface area contributed by atoms with Gasteiger partial charge in [-0.2, -0.15) is 5.26 Å². The van der Waals surface area contributed by atoms with E-state index in [9.17, 15) is 4.79 Å². The standard InChI is InChI=1S/C12H11BrClN3O/c1-7(2)16-12(18)8(6-15)5-10-9(13)3-4-11(14)17-10/h3-5,7H,1-2H3,(H,16,18). The zero-order chi connectivity index (χ0) is 13.7. The maximum absolute atomic E-state index is 11.7. The molecule has 0 spiro atoms. The molecule has 18 heavy (non-hydrogen) atoms. The first-order valence-corrected chi connectivity index (χ1v) is 6.36. The summed E-state index contributed by atoms with van der Waals surface area (Å²) in [4.78, 5) is 15.7. The Labute approximate surface area is 119 Å². The van der Waals surface area contributed by atoms with Crippen molar-refractivity contribution in [2.75, 3.05) is 0 Å². The van der Waals surface area contributed by atoms with Crippen LogP contribution in [0.2, 0.25) is 5.15 Å². The first kappa shape index (κ1) is 14.7. The molecule has 4 nitrogen and oxygen atoms in total. The Bertz CT molecular complexity index is 535. The summed E-state index contributed by atoms with van der Waals surface area (Å²) in [7, 11) is 0. The van der Waals surface area contributed by atoms with Crippen LogP contribution in [0.1, 0.15) is 19.5 Å². The van der Waals surface area contributed by atoms with Crippen LogP contribution in [0.3, 0.4) is 0 Å². The molecule has 0 aliphatic heterocycles. The van der Waals surface area contributed by atoms with E-state index in [2.05, 4.69) is 26.2 Å². The molecule has 0 saturated heterocycles. The summed E-state index contributed by atoms with van der Waals surface area (Å²) in [6, 6.07) is 5.13. The van der Waals surface area contributed by atoms with Crippen molar-refractivity contribution < 1.29 is 4.79 Å². The van der Waals surface area contributed by atoms with Crippen LogP contribution < -0.4 is 5.32 Å². The number of halogens is 2. The van der Waals surface area contributed by atoms with Gasteiger partial charge in [-0.25, -0.2) is 4.98 Å². The number of aromatic nitrogens is 1. The third-order valence-electron chi connectivity index (χ3n) is 1.91. The fraction of sp³-hybridized carbons (Fsp3) is 0.250. The highest BCUT2D eigenvalue weighted by molar-refractivity contribution is 9.10. The summed E-state index contributed by atoms with van der Waals surface area (Å²) < 4.78 is 0.664. The van der Waals surface area contributed by atoms with Crippen molar-refractivity contribution in [3.8, 4) is 6.07 Å². The number of nitriles is 1. The van der Waals surface area contributed by atoms with Gasteiger partial charge in [0.05, 0.1) is 5.69 Å². The number of rotatable bonds is 3. The van der Waals surface area contributed by atoms with E-state index in [4.69, 9.17) is 16.9 Å². The molecule has 0 unspecified atom stereocenters. The molecule has 1 amide bonds. The molecule has 0 aromatic carbocycles. The Morgan fingerprint density at radius 2 is 2.28 bits per heavy atom. The molecule has 0 bridgehead atoms. The van der Waals surface area contributed by atoms with Gasteiger partial charge in [0.25, 0.3) is 5.91 Å². The van der Waals surface area contributed by atoms with Crippen molar-refractivity contribution in [1.82, 2.24) is 10.3 Å². The minimum absolute atomic E-state index is 0.0147. The van der Waals surface area contributed by atoms with Crippen LogP contribution in [0.4, 0.5) is 0 Å². The molecule has 0 fully saturated rings. The van der Waals surface area contributed by atoms with Gasteiger partial charge in [-0.05, 0) is 48.0 Å². The molecule has 0 atom stereocenters. The Balaban J connectivity index is 3.08. The molecule has 94 valence electrons. The second kappa shape index (κ2) is 6.53. The van der Waals surface area contributed by atoms with Gasteiger partial charge < -0.3 is 5.32 Å². The fourth-order valence-corrected chi connectivity index (χ4v) is 1.65. The highest BCUT2D eigenvalue weighted by Gasteiger charge is 2.11. The molecule has 0 radical (unpaired) electrons. The molecule has 1 heterocycles. The zero-order valence-electron chi connectivity index (χ0n) is 9.87. The van der Waals surface area contributed by atoms with Crippen LogP contribution >= 0.6 is 27.5 Å². The lowest BCUT2D eigenvalue weighted by Gasteiger charge is -2.07. The minimum Gasteiger partial charge on any atom is -0.349 e. The minimum atomic E-state index is -0.429. The quantitative estimate of drug-likeness (QED) is 0.527. The summed E-state index contributed by atoms with van der Waals surface area (Å²) in [5, 5.41) is 11.9. The third kappa shape index (κ3) is 4.13. The number of hydrogen-bond acceptors (Lipinski definition) is 3. The second-order valence-corrected chi connectivity index (χ2v) is 5.04. The Morgan fingerprint density at radius 3 is 2.83 bits per heavy atom. The van der Waals surface area contributed by atoms with Gasteiger partial charge in [0.1, 0.15) is 16.8 Å². The van der Waals surface area contributed by atoms with E-state index in [-0.39, 0.29) is 11.6 Å².